The summed E-state index contributed by atoms with van der Waals surface area (Å²) >= 11 is 0. The van der Waals surface area contributed by atoms with Crippen molar-refractivity contribution in [3.63, 3.8) is 0 Å². The quantitative estimate of drug-likeness (QED) is 0.822. The van der Waals surface area contributed by atoms with Gasteiger partial charge >= 0.3 is 0 Å². The standard InChI is InChI=1S/C14H24N2O/c1-11-9-13(5-6-14(11)17-4)10-16(3)12(2)7-8-15/h5-6,9,12H,7-8,10,15H2,1-4H3. The van der Waals surface area contributed by atoms with Crippen LogP contribution in [0.2, 0.25) is 0 Å². The van der Waals surface area contributed by atoms with Crippen molar-refractivity contribution in [3.8, 4) is 5.75 Å². The van der Waals surface area contributed by atoms with Gasteiger partial charge < -0.3 is 10.5 Å². The molecule has 0 radical (unpaired) electrons. The van der Waals surface area contributed by atoms with Crippen molar-refractivity contribution in [2.45, 2.75) is 32.9 Å². The van der Waals surface area contributed by atoms with Gasteiger partial charge in [0.05, 0.1) is 7.11 Å². The van der Waals surface area contributed by atoms with Gasteiger partial charge in [0.2, 0.25) is 0 Å². The lowest BCUT2D eigenvalue weighted by Gasteiger charge is -2.24. The number of hydrogen-bond acceptors (Lipinski definition) is 3. The minimum absolute atomic E-state index is 0.516. The van der Waals surface area contributed by atoms with Gasteiger partial charge in [0.25, 0.3) is 0 Å². The molecule has 0 spiro atoms. The van der Waals surface area contributed by atoms with Crippen molar-refractivity contribution < 1.29 is 4.74 Å². The Labute approximate surface area is 105 Å². The Bertz CT molecular complexity index is 352. The average molecular weight is 236 g/mol. The fraction of sp³-hybridized carbons (Fsp3) is 0.571. The summed E-state index contributed by atoms with van der Waals surface area (Å²) in [4.78, 5) is 2.33. The second-order valence-corrected chi connectivity index (χ2v) is 4.65. The maximum Gasteiger partial charge on any atom is 0.121 e. The zero-order valence-corrected chi connectivity index (χ0v) is 11.4. The SMILES string of the molecule is COc1ccc(CN(C)C(C)CCN)cc1C. The fourth-order valence-electron chi connectivity index (χ4n) is 1.94. The minimum Gasteiger partial charge on any atom is -0.496 e. The number of nitrogens with two attached hydrogens (primary N) is 1. The van der Waals surface area contributed by atoms with Crippen LogP contribution in [0.3, 0.4) is 0 Å². The summed E-state index contributed by atoms with van der Waals surface area (Å²) in [6.45, 7) is 5.98. The van der Waals surface area contributed by atoms with Gasteiger partial charge in [-0.05, 0) is 51.1 Å². The summed E-state index contributed by atoms with van der Waals surface area (Å²) in [5.41, 5.74) is 8.08. The van der Waals surface area contributed by atoms with E-state index in [1.165, 1.54) is 11.1 Å². The van der Waals surface area contributed by atoms with E-state index in [2.05, 4.69) is 37.9 Å². The van der Waals surface area contributed by atoms with Crippen LogP contribution in [0.15, 0.2) is 18.2 Å². The molecule has 0 heterocycles. The first-order valence-electron chi connectivity index (χ1n) is 6.12. The lowest BCUT2D eigenvalue weighted by atomic mass is 10.1. The molecule has 1 atom stereocenters. The van der Waals surface area contributed by atoms with E-state index in [0.29, 0.717) is 6.04 Å². The second kappa shape index (κ2) is 6.62. The van der Waals surface area contributed by atoms with E-state index in [-0.39, 0.29) is 0 Å². The molecule has 0 fully saturated rings. The molecular formula is C14H24N2O. The first kappa shape index (κ1) is 14.0. The van der Waals surface area contributed by atoms with E-state index < -0.39 is 0 Å². The topological polar surface area (TPSA) is 38.5 Å². The van der Waals surface area contributed by atoms with Crippen molar-refractivity contribution in [2.24, 2.45) is 5.73 Å². The van der Waals surface area contributed by atoms with Crippen molar-refractivity contribution in [2.75, 3.05) is 20.7 Å². The van der Waals surface area contributed by atoms with Gasteiger partial charge in [-0.2, -0.15) is 0 Å². The molecule has 3 nitrogen and oxygen atoms in total. The smallest absolute Gasteiger partial charge is 0.121 e. The number of nitrogens with zero attached hydrogens (tertiary/aromatic N) is 1. The number of ether oxygens (including phenoxy) is 1. The lowest BCUT2D eigenvalue weighted by molar-refractivity contribution is 0.240. The van der Waals surface area contributed by atoms with Crippen LogP contribution in [0.25, 0.3) is 0 Å². The van der Waals surface area contributed by atoms with E-state index in [9.17, 15) is 0 Å². The van der Waals surface area contributed by atoms with Gasteiger partial charge in [-0.1, -0.05) is 12.1 Å². The van der Waals surface area contributed by atoms with Gasteiger partial charge in [-0.25, -0.2) is 0 Å². The number of rotatable bonds is 6. The predicted molar refractivity (Wildman–Crippen MR) is 72.3 cm³/mol. The Morgan fingerprint density at radius 1 is 1.41 bits per heavy atom. The van der Waals surface area contributed by atoms with E-state index in [1.807, 2.05) is 6.07 Å². The molecule has 0 bridgehead atoms. The molecule has 1 aromatic carbocycles. The molecule has 96 valence electrons. The third-order valence-electron chi connectivity index (χ3n) is 3.23. The van der Waals surface area contributed by atoms with Gasteiger partial charge in [-0.3, -0.25) is 4.90 Å². The molecule has 3 heteroatoms. The predicted octanol–water partition coefficient (Wildman–Crippen LogP) is 2.17. The summed E-state index contributed by atoms with van der Waals surface area (Å²) in [6.07, 6.45) is 1.03. The zero-order valence-electron chi connectivity index (χ0n) is 11.4. The third kappa shape index (κ3) is 4.02. The molecule has 0 aromatic heterocycles. The molecule has 0 aliphatic rings. The summed E-state index contributed by atoms with van der Waals surface area (Å²) in [5, 5.41) is 0. The highest BCUT2D eigenvalue weighted by molar-refractivity contribution is 5.36. The Balaban J connectivity index is 2.65. The fourth-order valence-corrected chi connectivity index (χ4v) is 1.94. The number of hydrogen-bond donors (Lipinski definition) is 1. The highest BCUT2D eigenvalue weighted by Crippen LogP contribution is 2.19. The van der Waals surface area contributed by atoms with Crippen LogP contribution in [0.5, 0.6) is 5.75 Å². The van der Waals surface area contributed by atoms with Crippen LogP contribution >= 0.6 is 0 Å². The molecule has 0 amide bonds. The molecule has 0 saturated heterocycles. The van der Waals surface area contributed by atoms with Crippen molar-refractivity contribution in [3.05, 3.63) is 29.3 Å². The number of methoxy groups -OCH3 is 1. The highest BCUT2D eigenvalue weighted by atomic mass is 16.5. The Morgan fingerprint density at radius 3 is 2.65 bits per heavy atom. The lowest BCUT2D eigenvalue weighted by Crippen LogP contribution is -2.30. The Hall–Kier alpha value is -1.06. The molecule has 0 aliphatic carbocycles. The van der Waals surface area contributed by atoms with E-state index in [1.54, 1.807) is 7.11 Å². The molecule has 1 rings (SSSR count). The average Bonchev–Trinajstić information content (AvgIpc) is 2.29. The summed E-state index contributed by atoms with van der Waals surface area (Å²) in [6, 6.07) is 6.86. The molecule has 0 aliphatic heterocycles. The molecular weight excluding hydrogens is 212 g/mol. The Kier molecular flexibility index (Phi) is 5.45. The van der Waals surface area contributed by atoms with Crippen LogP contribution in [0.4, 0.5) is 0 Å². The first-order chi connectivity index (χ1) is 8.08. The van der Waals surface area contributed by atoms with E-state index in [0.717, 1.165) is 25.3 Å². The van der Waals surface area contributed by atoms with Gasteiger partial charge in [0.15, 0.2) is 0 Å². The second-order valence-electron chi connectivity index (χ2n) is 4.65. The van der Waals surface area contributed by atoms with Crippen LogP contribution in [-0.2, 0) is 6.54 Å². The molecule has 1 aromatic rings. The highest BCUT2D eigenvalue weighted by Gasteiger charge is 2.09. The van der Waals surface area contributed by atoms with Crippen molar-refractivity contribution >= 4 is 0 Å². The maximum absolute atomic E-state index is 5.58. The van der Waals surface area contributed by atoms with Crippen molar-refractivity contribution in [1.82, 2.24) is 4.90 Å². The third-order valence-corrected chi connectivity index (χ3v) is 3.23. The molecule has 1 unspecified atom stereocenters. The largest absolute Gasteiger partial charge is 0.496 e. The number of aryl methyl sites for hydroxylation is 1. The molecule has 0 saturated carbocycles. The summed E-state index contributed by atoms with van der Waals surface area (Å²) < 4.78 is 5.26. The van der Waals surface area contributed by atoms with Gasteiger partial charge in [0.1, 0.15) is 5.75 Å². The van der Waals surface area contributed by atoms with Gasteiger partial charge in [0, 0.05) is 12.6 Å². The zero-order chi connectivity index (χ0) is 12.8. The molecule has 2 N–H and O–H groups in total. The van der Waals surface area contributed by atoms with Crippen LogP contribution in [0.1, 0.15) is 24.5 Å². The van der Waals surface area contributed by atoms with Crippen LogP contribution in [0, 0.1) is 6.92 Å². The molecule has 17 heavy (non-hydrogen) atoms. The maximum atomic E-state index is 5.58. The normalized spacial score (nSPS) is 12.8. The monoisotopic (exact) mass is 236 g/mol. The Morgan fingerprint density at radius 2 is 2.12 bits per heavy atom. The van der Waals surface area contributed by atoms with E-state index in [4.69, 9.17) is 10.5 Å². The van der Waals surface area contributed by atoms with Crippen molar-refractivity contribution in [1.29, 1.82) is 0 Å². The first-order valence-corrected chi connectivity index (χ1v) is 6.12. The summed E-state index contributed by atoms with van der Waals surface area (Å²) in [5.74, 6) is 0.950. The minimum atomic E-state index is 0.516. The van der Waals surface area contributed by atoms with Gasteiger partial charge in [-0.15, -0.1) is 0 Å². The van der Waals surface area contributed by atoms with E-state index >= 15 is 0 Å². The number of benzene rings is 1. The van der Waals surface area contributed by atoms with Crippen LogP contribution < -0.4 is 10.5 Å². The van der Waals surface area contributed by atoms with Crippen LogP contribution in [-0.4, -0.2) is 31.6 Å². The summed E-state index contributed by atoms with van der Waals surface area (Å²) in [7, 11) is 3.84.